The third-order valence-corrected chi connectivity index (χ3v) is 5.91. The van der Waals surface area contributed by atoms with Crippen molar-refractivity contribution >= 4 is 18.0 Å². The van der Waals surface area contributed by atoms with E-state index in [0.29, 0.717) is 51.9 Å². The Labute approximate surface area is 184 Å². The lowest BCUT2D eigenvalue weighted by Gasteiger charge is -2.36. The number of likely N-dealkylation sites (tertiary alicyclic amines) is 2. The number of hydrogen-bond acceptors (Lipinski definition) is 5. The summed E-state index contributed by atoms with van der Waals surface area (Å²) in [5.74, 6) is 0.248. The van der Waals surface area contributed by atoms with Gasteiger partial charge in [0.2, 0.25) is 0 Å². The number of carbonyl (C=O) groups excluding carboxylic acids is 3. The molecule has 170 valence electrons. The average molecular weight is 431 g/mol. The Kier molecular flexibility index (Phi) is 7.57. The second kappa shape index (κ2) is 10.2. The minimum absolute atomic E-state index is 0.0136. The predicted molar refractivity (Wildman–Crippen MR) is 116 cm³/mol. The summed E-state index contributed by atoms with van der Waals surface area (Å²) in [7, 11) is 0. The van der Waals surface area contributed by atoms with E-state index in [4.69, 9.17) is 9.47 Å². The van der Waals surface area contributed by atoms with E-state index in [1.165, 1.54) is 0 Å². The van der Waals surface area contributed by atoms with E-state index in [1.807, 2.05) is 51.1 Å². The molecule has 0 atom stereocenters. The molecule has 0 spiro atoms. The van der Waals surface area contributed by atoms with E-state index >= 15 is 0 Å². The highest BCUT2D eigenvalue weighted by atomic mass is 16.6. The lowest BCUT2D eigenvalue weighted by atomic mass is 9.81. The van der Waals surface area contributed by atoms with Crippen LogP contribution in [0.25, 0.3) is 0 Å². The van der Waals surface area contributed by atoms with Gasteiger partial charge in [-0.1, -0.05) is 30.3 Å². The SMILES string of the molecule is CC(C)(C)OC(=O)N1CCC(C(=O)C2CCN(C(=O)OCc3ccccc3)CC2)CC1. The van der Waals surface area contributed by atoms with Gasteiger partial charge in [0.1, 0.15) is 18.0 Å². The van der Waals surface area contributed by atoms with Crippen molar-refractivity contribution < 1.29 is 23.9 Å². The standard InChI is InChI=1S/C24H34N2O5/c1-24(2,3)31-23(29)26-15-11-20(12-16-26)21(27)19-9-13-25(14-10-19)22(28)30-17-18-7-5-4-6-8-18/h4-8,19-20H,9-17H2,1-3H3. The lowest BCUT2D eigenvalue weighted by Crippen LogP contribution is -2.45. The van der Waals surface area contributed by atoms with Crippen molar-refractivity contribution in [1.82, 2.24) is 9.80 Å². The maximum absolute atomic E-state index is 13.0. The summed E-state index contributed by atoms with van der Waals surface area (Å²) in [6.07, 6.45) is 2.08. The van der Waals surface area contributed by atoms with Gasteiger partial charge in [-0.25, -0.2) is 9.59 Å². The molecule has 0 saturated carbocycles. The first-order chi connectivity index (χ1) is 14.7. The van der Waals surface area contributed by atoms with E-state index in [-0.39, 0.29) is 36.4 Å². The van der Waals surface area contributed by atoms with Crippen molar-refractivity contribution in [1.29, 1.82) is 0 Å². The zero-order valence-electron chi connectivity index (χ0n) is 18.8. The zero-order chi connectivity index (χ0) is 22.4. The fourth-order valence-corrected chi connectivity index (χ4v) is 4.16. The molecule has 2 heterocycles. The number of piperidine rings is 2. The van der Waals surface area contributed by atoms with Gasteiger partial charge >= 0.3 is 12.2 Å². The molecular weight excluding hydrogens is 396 g/mol. The van der Waals surface area contributed by atoms with Gasteiger partial charge in [-0.3, -0.25) is 4.79 Å². The quantitative estimate of drug-likeness (QED) is 0.714. The Hall–Kier alpha value is -2.57. The molecule has 2 aliphatic heterocycles. The number of carbonyl (C=O) groups is 3. The van der Waals surface area contributed by atoms with Gasteiger partial charge in [-0.15, -0.1) is 0 Å². The molecular formula is C24H34N2O5. The molecule has 7 heteroatoms. The van der Waals surface area contributed by atoms with E-state index in [1.54, 1.807) is 9.80 Å². The van der Waals surface area contributed by atoms with Crippen molar-refractivity contribution in [2.45, 2.75) is 58.7 Å². The molecule has 2 fully saturated rings. The summed E-state index contributed by atoms with van der Waals surface area (Å²) in [6.45, 7) is 8.00. The number of hydrogen-bond donors (Lipinski definition) is 0. The van der Waals surface area contributed by atoms with Gasteiger partial charge in [0, 0.05) is 38.0 Å². The monoisotopic (exact) mass is 430 g/mol. The van der Waals surface area contributed by atoms with Crippen LogP contribution >= 0.6 is 0 Å². The van der Waals surface area contributed by atoms with Crippen LogP contribution in [0.5, 0.6) is 0 Å². The van der Waals surface area contributed by atoms with Gasteiger partial charge in [0.25, 0.3) is 0 Å². The number of amides is 2. The molecule has 0 radical (unpaired) electrons. The van der Waals surface area contributed by atoms with Crippen LogP contribution in [0.1, 0.15) is 52.0 Å². The topological polar surface area (TPSA) is 76.2 Å². The molecule has 3 rings (SSSR count). The normalized spacial score (nSPS) is 18.5. The van der Waals surface area contributed by atoms with Crippen LogP contribution in [0.2, 0.25) is 0 Å². The van der Waals surface area contributed by atoms with Crippen molar-refractivity contribution in [2.24, 2.45) is 11.8 Å². The van der Waals surface area contributed by atoms with Crippen LogP contribution in [-0.2, 0) is 20.9 Å². The maximum Gasteiger partial charge on any atom is 0.410 e. The molecule has 0 bridgehead atoms. The summed E-state index contributed by atoms with van der Waals surface area (Å²) in [6, 6.07) is 9.60. The highest BCUT2D eigenvalue weighted by molar-refractivity contribution is 5.84. The second-order valence-corrected chi connectivity index (χ2v) is 9.45. The first kappa shape index (κ1) is 23.1. The number of ether oxygens (including phenoxy) is 2. The Morgan fingerprint density at radius 1 is 0.839 bits per heavy atom. The minimum Gasteiger partial charge on any atom is -0.445 e. The molecule has 1 aromatic carbocycles. The van der Waals surface area contributed by atoms with Crippen molar-refractivity contribution in [2.75, 3.05) is 26.2 Å². The fourth-order valence-electron chi connectivity index (χ4n) is 4.16. The molecule has 2 aliphatic rings. The van der Waals surface area contributed by atoms with Gasteiger partial charge in [-0.05, 0) is 52.0 Å². The molecule has 1 aromatic rings. The maximum atomic E-state index is 13.0. The van der Waals surface area contributed by atoms with Crippen LogP contribution in [-0.4, -0.2) is 59.5 Å². The van der Waals surface area contributed by atoms with Crippen molar-refractivity contribution in [3.8, 4) is 0 Å². The Morgan fingerprint density at radius 2 is 1.32 bits per heavy atom. The highest BCUT2D eigenvalue weighted by Crippen LogP contribution is 2.28. The molecule has 0 aromatic heterocycles. The van der Waals surface area contributed by atoms with Gasteiger partial charge in [-0.2, -0.15) is 0 Å². The third kappa shape index (κ3) is 6.71. The van der Waals surface area contributed by atoms with Crippen LogP contribution in [0.15, 0.2) is 30.3 Å². The van der Waals surface area contributed by atoms with E-state index in [2.05, 4.69) is 0 Å². The Bertz CT molecular complexity index is 758. The number of ketones is 1. The molecule has 0 unspecified atom stereocenters. The summed E-state index contributed by atoms with van der Waals surface area (Å²) in [5.41, 5.74) is 0.443. The molecule has 7 nitrogen and oxygen atoms in total. The number of nitrogens with zero attached hydrogens (tertiary/aromatic N) is 2. The molecule has 2 amide bonds. The van der Waals surface area contributed by atoms with E-state index in [9.17, 15) is 14.4 Å². The van der Waals surface area contributed by atoms with Crippen molar-refractivity contribution in [3.63, 3.8) is 0 Å². The summed E-state index contributed by atoms with van der Waals surface area (Å²) < 4.78 is 10.8. The first-order valence-corrected chi connectivity index (χ1v) is 11.2. The lowest BCUT2D eigenvalue weighted by molar-refractivity contribution is -0.129. The van der Waals surface area contributed by atoms with Crippen LogP contribution in [0.3, 0.4) is 0 Å². The molecule has 0 aliphatic carbocycles. The highest BCUT2D eigenvalue weighted by Gasteiger charge is 2.35. The molecule has 2 saturated heterocycles. The predicted octanol–water partition coefficient (Wildman–Crippen LogP) is 4.25. The van der Waals surface area contributed by atoms with Gasteiger partial charge in [0.05, 0.1) is 0 Å². The molecule has 31 heavy (non-hydrogen) atoms. The van der Waals surface area contributed by atoms with Crippen LogP contribution < -0.4 is 0 Å². The number of benzene rings is 1. The zero-order valence-corrected chi connectivity index (χ0v) is 18.8. The van der Waals surface area contributed by atoms with E-state index < -0.39 is 5.60 Å². The third-order valence-electron chi connectivity index (χ3n) is 5.91. The van der Waals surface area contributed by atoms with E-state index in [0.717, 1.165) is 5.56 Å². The Balaban J connectivity index is 1.39. The van der Waals surface area contributed by atoms with Crippen molar-refractivity contribution in [3.05, 3.63) is 35.9 Å². The summed E-state index contributed by atoms with van der Waals surface area (Å²) in [5, 5.41) is 0. The van der Waals surface area contributed by atoms with Gasteiger partial charge < -0.3 is 19.3 Å². The fraction of sp³-hybridized carbons (Fsp3) is 0.625. The van der Waals surface area contributed by atoms with Crippen LogP contribution in [0.4, 0.5) is 9.59 Å². The second-order valence-electron chi connectivity index (χ2n) is 9.45. The largest absolute Gasteiger partial charge is 0.445 e. The first-order valence-electron chi connectivity index (χ1n) is 11.2. The molecule has 0 N–H and O–H groups in total. The summed E-state index contributed by atoms with van der Waals surface area (Å²) >= 11 is 0. The Morgan fingerprint density at radius 3 is 1.81 bits per heavy atom. The van der Waals surface area contributed by atoms with Gasteiger partial charge in [0.15, 0.2) is 0 Å². The summed E-state index contributed by atoms with van der Waals surface area (Å²) in [4.78, 5) is 40.9. The average Bonchev–Trinajstić information content (AvgIpc) is 2.77. The number of rotatable bonds is 4. The minimum atomic E-state index is -0.514. The smallest absolute Gasteiger partial charge is 0.410 e. The number of Topliss-reactive ketones (excluding diaryl/α,β-unsaturated/α-hetero) is 1. The van der Waals surface area contributed by atoms with Crippen LogP contribution in [0, 0.1) is 11.8 Å².